The third-order valence-corrected chi connectivity index (χ3v) is 10.0. The van der Waals surface area contributed by atoms with E-state index in [0.717, 1.165) is 116 Å². The van der Waals surface area contributed by atoms with E-state index >= 15 is 0 Å². The highest BCUT2D eigenvalue weighted by Crippen LogP contribution is 2.12. The molecule has 0 bridgehead atoms. The minimum atomic E-state index is -1.63. The molecule has 0 aromatic heterocycles. The number of quaternary nitrogens is 1. The Kier molecular flexibility index (Phi) is 43.6. The van der Waals surface area contributed by atoms with Crippen molar-refractivity contribution in [2.24, 2.45) is 0 Å². The van der Waals surface area contributed by atoms with E-state index in [4.69, 9.17) is 18.9 Å². The van der Waals surface area contributed by atoms with Gasteiger partial charge in [-0.1, -0.05) is 181 Å². The number of aliphatic carboxylic acids is 1. The first-order valence-electron chi connectivity index (χ1n) is 25.0. The predicted octanol–water partition coefficient (Wildman–Crippen LogP) is 12.7. The third kappa shape index (κ3) is 47.7. The number of allylic oxidation sites excluding steroid dienone is 18. The van der Waals surface area contributed by atoms with Crippen LogP contribution in [0.2, 0.25) is 0 Å². The van der Waals surface area contributed by atoms with Crippen LogP contribution in [0.25, 0.3) is 0 Å². The van der Waals surface area contributed by atoms with Gasteiger partial charge in [-0.05, 0) is 83.5 Å². The average molecular weight is 906 g/mol. The molecule has 368 valence electrons. The first-order valence-corrected chi connectivity index (χ1v) is 25.0. The Morgan fingerprint density at radius 3 is 1.31 bits per heavy atom. The number of nitrogens with zero attached hydrogens (tertiary/aromatic N) is 1. The summed E-state index contributed by atoms with van der Waals surface area (Å²) >= 11 is 0. The van der Waals surface area contributed by atoms with Gasteiger partial charge in [0.05, 0.1) is 40.3 Å². The van der Waals surface area contributed by atoms with E-state index in [1.165, 1.54) is 19.3 Å². The molecule has 0 aliphatic rings. The topological polar surface area (TPSA) is 111 Å². The molecule has 9 heteroatoms. The maximum atomic E-state index is 12.7. The van der Waals surface area contributed by atoms with Gasteiger partial charge in [-0.2, -0.15) is 0 Å². The average Bonchev–Trinajstić information content (AvgIpc) is 3.27. The second-order valence-electron chi connectivity index (χ2n) is 17.4. The number of hydrogen-bond donors (Lipinski definition) is 0. The minimum absolute atomic E-state index is 0.138. The van der Waals surface area contributed by atoms with Crippen LogP contribution in [-0.2, 0) is 33.3 Å². The summed E-state index contributed by atoms with van der Waals surface area (Å²) in [7, 11) is 5.88. The highest BCUT2D eigenvalue weighted by atomic mass is 16.7. The number of unbranched alkanes of at least 4 members (excludes halogenated alkanes) is 11. The zero-order valence-electron chi connectivity index (χ0n) is 41.6. The van der Waals surface area contributed by atoms with Gasteiger partial charge in [-0.25, -0.2) is 0 Å². The lowest BCUT2D eigenvalue weighted by molar-refractivity contribution is -0.870. The molecule has 65 heavy (non-hydrogen) atoms. The fourth-order valence-electron chi connectivity index (χ4n) is 6.17. The maximum absolute atomic E-state index is 12.7. The largest absolute Gasteiger partial charge is 0.545 e. The van der Waals surface area contributed by atoms with Gasteiger partial charge in [0.2, 0.25) is 0 Å². The Bertz CT molecular complexity index is 1430. The molecule has 0 aliphatic carbocycles. The molecular weight excluding hydrogens is 815 g/mol. The zero-order chi connectivity index (χ0) is 47.7. The number of carboxylic acids is 1. The monoisotopic (exact) mass is 906 g/mol. The van der Waals surface area contributed by atoms with Crippen LogP contribution >= 0.6 is 0 Å². The molecule has 0 radical (unpaired) electrons. The van der Waals surface area contributed by atoms with Crippen molar-refractivity contribution >= 4 is 17.9 Å². The molecule has 0 aliphatic heterocycles. The Balaban J connectivity index is 4.23. The molecule has 0 aromatic carbocycles. The lowest BCUT2D eigenvalue weighted by Crippen LogP contribution is -2.44. The van der Waals surface area contributed by atoms with Crippen LogP contribution in [-0.4, -0.2) is 82.3 Å². The summed E-state index contributed by atoms with van der Waals surface area (Å²) in [4.78, 5) is 36.8. The van der Waals surface area contributed by atoms with Crippen molar-refractivity contribution in [2.45, 2.75) is 180 Å². The van der Waals surface area contributed by atoms with Crippen molar-refractivity contribution in [3.05, 3.63) is 109 Å². The van der Waals surface area contributed by atoms with Gasteiger partial charge in [-0.15, -0.1) is 0 Å². The molecule has 0 N–H and O–H groups in total. The van der Waals surface area contributed by atoms with Crippen LogP contribution in [0.5, 0.6) is 0 Å². The fourth-order valence-corrected chi connectivity index (χ4v) is 6.17. The quantitative estimate of drug-likeness (QED) is 0.0195. The summed E-state index contributed by atoms with van der Waals surface area (Å²) in [6, 6.07) is 0. The molecule has 2 unspecified atom stereocenters. The molecule has 0 saturated heterocycles. The summed E-state index contributed by atoms with van der Waals surface area (Å²) in [6.45, 7) is 4.52. The van der Waals surface area contributed by atoms with Crippen molar-refractivity contribution in [1.29, 1.82) is 0 Å². The molecule has 9 nitrogen and oxygen atoms in total. The van der Waals surface area contributed by atoms with E-state index in [1.54, 1.807) is 0 Å². The molecule has 2 atom stereocenters. The molecule has 0 fully saturated rings. The molecule has 0 amide bonds. The zero-order valence-corrected chi connectivity index (χ0v) is 41.6. The highest BCUT2D eigenvalue weighted by molar-refractivity contribution is 5.70. The maximum Gasteiger partial charge on any atom is 0.306 e. The Labute approximate surface area is 396 Å². The lowest BCUT2D eigenvalue weighted by Gasteiger charge is -2.26. The first kappa shape index (κ1) is 60.9. The Hall–Kier alpha value is -4.05. The predicted molar refractivity (Wildman–Crippen MR) is 269 cm³/mol. The third-order valence-electron chi connectivity index (χ3n) is 10.0. The molecule has 0 rings (SSSR count). The van der Waals surface area contributed by atoms with Gasteiger partial charge in [-0.3, -0.25) is 9.59 Å². The highest BCUT2D eigenvalue weighted by Gasteiger charge is 2.21. The van der Waals surface area contributed by atoms with E-state index in [0.29, 0.717) is 17.4 Å². The van der Waals surface area contributed by atoms with E-state index in [1.807, 2.05) is 21.1 Å². The smallest absolute Gasteiger partial charge is 0.306 e. The van der Waals surface area contributed by atoms with Crippen molar-refractivity contribution in [2.75, 3.05) is 47.5 Å². The van der Waals surface area contributed by atoms with Gasteiger partial charge in [0.15, 0.2) is 12.4 Å². The van der Waals surface area contributed by atoms with Crippen LogP contribution < -0.4 is 5.11 Å². The number of hydrogen-bond acceptors (Lipinski definition) is 8. The van der Waals surface area contributed by atoms with Gasteiger partial charge in [0, 0.05) is 12.8 Å². The van der Waals surface area contributed by atoms with Gasteiger partial charge >= 0.3 is 11.9 Å². The van der Waals surface area contributed by atoms with Crippen molar-refractivity contribution < 1.29 is 42.9 Å². The summed E-state index contributed by atoms with van der Waals surface area (Å²) in [5.41, 5.74) is 0. The Morgan fingerprint density at radius 2 is 0.877 bits per heavy atom. The molecule has 0 saturated carbocycles. The number of rotatable bonds is 44. The van der Waals surface area contributed by atoms with Crippen LogP contribution in [0.4, 0.5) is 0 Å². The summed E-state index contributed by atoms with van der Waals surface area (Å²) in [5.74, 6) is -2.33. The van der Waals surface area contributed by atoms with Gasteiger partial charge < -0.3 is 33.3 Å². The van der Waals surface area contributed by atoms with E-state index < -0.39 is 24.3 Å². The first-order chi connectivity index (χ1) is 31.6. The fraction of sp³-hybridized carbons (Fsp3) is 0.625. The van der Waals surface area contributed by atoms with Crippen LogP contribution in [0.3, 0.4) is 0 Å². The standard InChI is InChI=1S/C56H91NO8/c1-6-8-10-12-14-15-16-17-18-19-20-21-22-23-24-25-26-27-28-29-30-31-32-33-34-35-36-37-38-39-41-43-45-47-54(59)65-52(50-63-53(58)46-44-42-40-13-11-9-7-2)51-64-56(55(60)61)62-49-48-57(3,4)5/h8,10,14-15,17-18,20-21,23-24,26-27,29-30,32-33,35-36,52,56H,6-7,9,11-13,16,19,22,25,28,31,34,37-51H2,1-5H3/b10-8-,15-14-,18-17-,21-20-,24-23-,27-26-,30-29-,33-32-,36-35-. The van der Waals surface area contributed by atoms with Crippen LogP contribution in [0.1, 0.15) is 168 Å². The Morgan fingerprint density at radius 1 is 0.477 bits per heavy atom. The number of carbonyl (C=O) groups excluding carboxylic acids is 3. The summed E-state index contributed by atoms with van der Waals surface area (Å²) in [6.07, 6.45) is 60.2. The van der Waals surface area contributed by atoms with Crippen molar-refractivity contribution in [1.82, 2.24) is 0 Å². The molecule has 0 spiro atoms. The SMILES string of the molecule is CC/C=C\C/C=C\C/C=C\C/C=C\C/C=C\C/C=C\C/C=C\C/C=C\C/C=C\CCCCCCCC(=O)OC(COC(=O)CCCCCCCCC)COC(OCC[N+](C)(C)C)C(=O)[O-]. The minimum Gasteiger partial charge on any atom is -0.545 e. The number of likely N-dealkylation sites (N-methyl/N-ethyl adjacent to an activating group) is 1. The van der Waals surface area contributed by atoms with Crippen molar-refractivity contribution in [3.8, 4) is 0 Å². The number of esters is 2. The number of carbonyl (C=O) groups is 3. The van der Waals surface area contributed by atoms with E-state index in [9.17, 15) is 19.5 Å². The summed E-state index contributed by atoms with van der Waals surface area (Å²) in [5, 5.41) is 11.7. The summed E-state index contributed by atoms with van der Waals surface area (Å²) < 4.78 is 22.4. The van der Waals surface area contributed by atoms with Crippen LogP contribution in [0.15, 0.2) is 109 Å². The normalized spacial score (nSPS) is 13.8. The van der Waals surface area contributed by atoms with Gasteiger partial charge in [0.25, 0.3) is 0 Å². The van der Waals surface area contributed by atoms with E-state index in [-0.39, 0.29) is 38.6 Å². The number of carboxylic acid groups (broad SMARTS) is 1. The van der Waals surface area contributed by atoms with Crippen molar-refractivity contribution in [3.63, 3.8) is 0 Å². The van der Waals surface area contributed by atoms with E-state index in [2.05, 4.69) is 123 Å². The number of ether oxygens (including phenoxy) is 4. The van der Waals surface area contributed by atoms with Crippen LogP contribution in [0, 0.1) is 0 Å². The molecule has 0 aromatic rings. The molecule has 0 heterocycles. The van der Waals surface area contributed by atoms with Gasteiger partial charge in [0.1, 0.15) is 13.2 Å². The second-order valence-corrected chi connectivity index (χ2v) is 17.4. The molecular formula is C56H91NO8. The second kappa shape index (κ2) is 46.5. The lowest BCUT2D eigenvalue weighted by atomic mass is 10.1.